The molecule has 0 bridgehead atoms. The average molecular weight is 185 g/mol. The first-order valence-corrected chi connectivity index (χ1v) is 4.48. The first-order valence-electron chi connectivity index (χ1n) is 3.50. The molecule has 0 radical (unpaired) electrons. The maximum absolute atomic E-state index is 10.7. The third kappa shape index (κ3) is 2.27. The van der Waals surface area contributed by atoms with E-state index in [4.69, 9.17) is 0 Å². The van der Waals surface area contributed by atoms with E-state index in [0.717, 1.165) is 11.3 Å². The predicted molar refractivity (Wildman–Crippen MR) is 49.4 cm³/mol. The van der Waals surface area contributed by atoms with Crippen LogP contribution in [0.1, 0.15) is 6.92 Å². The average Bonchev–Trinajstić information content (AvgIpc) is 2.26. The van der Waals surface area contributed by atoms with Gasteiger partial charge in [0.2, 0.25) is 0 Å². The van der Waals surface area contributed by atoms with Gasteiger partial charge in [0.15, 0.2) is 5.16 Å². The molecule has 1 N–H and O–H groups in total. The lowest BCUT2D eigenvalue weighted by Crippen LogP contribution is -2.03. The number of hydrogen-bond donors (Lipinski definition) is 1. The monoisotopic (exact) mass is 185 g/mol. The standard InChI is InChI=1S/C7H11N3OS/c1-5(2)4-12-7-8-6(11)9-10(7)3/h1,4H2,2-3H3,(H,9,11). The number of aromatic amines is 1. The molecule has 66 valence electrons. The number of thioether (sulfide) groups is 1. The Balaban J connectivity index is 2.69. The van der Waals surface area contributed by atoms with Gasteiger partial charge in [-0.15, -0.1) is 0 Å². The molecule has 0 saturated heterocycles. The quantitative estimate of drug-likeness (QED) is 0.559. The lowest BCUT2D eigenvalue weighted by Gasteiger charge is -1.98. The summed E-state index contributed by atoms with van der Waals surface area (Å²) in [6.45, 7) is 5.70. The summed E-state index contributed by atoms with van der Waals surface area (Å²) in [6, 6.07) is 0. The van der Waals surface area contributed by atoms with E-state index in [9.17, 15) is 4.79 Å². The van der Waals surface area contributed by atoms with E-state index in [1.165, 1.54) is 11.8 Å². The van der Waals surface area contributed by atoms with Crippen molar-refractivity contribution in [1.82, 2.24) is 14.8 Å². The molecule has 0 atom stereocenters. The van der Waals surface area contributed by atoms with Crippen LogP contribution in [0.2, 0.25) is 0 Å². The van der Waals surface area contributed by atoms with Crippen molar-refractivity contribution in [2.45, 2.75) is 12.1 Å². The summed E-state index contributed by atoms with van der Waals surface area (Å²) in [5.41, 5.74) is 0.761. The molecular weight excluding hydrogens is 174 g/mol. The topological polar surface area (TPSA) is 50.7 Å². The van der Waals surface area contributed by atoms with E-state index < -0.39 is 0 Å². The van der Waals surface area contributed by atoms with Crippen LogP contribution in [-0.2, 0) is 7.05 Å². The van der Waals surface area contributed by atoms with Crippen LogP contribution in [0.3, 0.4) is 0 Å². The number of nitrogens with zero attached hydrogens (tertiary/aromatic N) is 2. The van der Waals surface area contributed by atoms with Crippen molar-refractivity contribution in [3.63, 3.8) is 0 Å². The number of H-pyrrole nitrogens is 1. The SMILES string of the molecule is C=C(C)CSc1nc(=O)[nH]n1C. The summed E-state index contributed by atoms with van der Waals surface area (Å²) in [4.78, 5) is 14.5. The van der Waals surface area contributed by atoms with Crippen LogP contribution in [0.25, 0.3) is 0 Å². The van der Waals surface area contributed by atoms with Gasteiger partial charge in [0.25, 0.3) is 0 Å². The molecule has 0 amide bonds. The highest BCUT2D eigenvalue weighted by Crippen LogP contribution is 2.14. The van der Waals surface area contributed by atoms with Gasteiger partial charge >= 0.3 is 5.69 Å². The van der Waals surface area contributed by atoms with Gasteiger partial charge in [-0.25, -0.2) is 9.89 Å². The second-order valence-electron chi connectivity index (χ2n) is 2.62. The van der Waals surface area contributed by atoms with Crippen LogP contribution < -0.4 is 5.69 Å². The Bertz CT molecular complexity index is 339. The zero-order chi connectivity index (χ0) is 9.14. The Morgan fingerprint density at radius 3 is 2.92 bits per heavy atom. The van der Waals surface area contributed by atoms with Crippen LogP contribution in [-0.4, -0.2) is 20.5 Å². The minimum absolute atomic E-state index is 0.304. The van der Waals surface area contributed by atoms with Crippen molar-refractivity contribution in [2.75, 3.05) is 5.75 Å². The van der Waals surface area contributed by atoms with Gasteiger partial charge in [0.05, 0.1) is 0 Å². The predicted octanol–water partition coefficient (Wildman–Crippen LogP) is 0.777. The van der Waals surface area contributed by atoms with E-state index in [0.29, 0.717) is 5.16 Å². The van der Waals surface area contributed by atoms with E-state index in [-0.39, 0.29) is 5.69 Å². The molecule has 0 aliphatic heterocycles. The molecule has 0 fully saturated rings. The second kappa shape index (κ2) is 3.62. The van der Waals surface area contributed by atoms with E-state index in [1.54, 1.807) is 11.7 Å². The van der Waals surface area contributed by atoms with Gasteiger partial charge in [-0.05, 0) is 6.92 Å². The maximum Gasteiger partial charge on any atom is 0.362 e. The Morgan fingerprint density at radius 1 is 1.83 bits per heavy atom. The van der Waals surface area contributed by atoms with Gasteiger partial charge < -0.3 is 0 Å². The van der Waals surface area contributed by atoms with Crippen molar-refractivity contribution in [2.24, 2.45) is 7.05 Å². The highest BCUT2D eigenvalue weighted by Gasteiger charge is 2.02. The van der Waals surface area contributed by atoms with Crippen LogP contribution in [0.5, 0.6) is 0 Å². The zero-order valence-electron chi connectivity index (χ0n) is 7.13. The van der Waals surface area contributed by atoms with E-state index in [2.05, 4.69) is 16.7 Å². The molecule has 12 heavy (non-hydrogen) atoms. The lowest BCUT2D eigenvalue weighted by molar-refractivity contribution is 0.682. The largest absolute Gasteiger partial charge is 0.362 e. The molecule has 4 nitrogen and oxygen atoms in total. The van der Waals surface area contributed by atoms with Crippen molar-refractivity contribution in [3.05, 3.63) is 22.6 Å². The highest BCUT2D eigenvalue weighted by molar-refractivity contribution is 7.99. The summed E-state index contributed by atoms with van der Waals surface area (Å²) >= 11 is 1.50. The number of aromatic nitrogens is 3. The molecular formula is C7H11N3OS. The van der Waals surface area contributed by atoms with Crippen molar-refractivity contribution >= 4 is 11.8 Å². The van der Waals surface area contributed by atoms with Gasteiger partial charge in [-0.3, -0.25) is 4.68 Å². The summed E-state index contributed by atoms with van der Waals surface area (Å²) < 4.78 is 1.61. The van der Waals surface area contributed by atoms with Gasteiger partial charge in [0.1, 0.15) is 0 Å². The van der Waals surface area contributed by atoms with Crippen LogP contribution >= 0.6 is 11.8 Å². The maximum atomic E-state index is 10.7. The molecule has 0 unspecified atom stereocenters. The number of rotatable bonds is 3. The van der Waals surface area contributed by atoms with Crippen molar-refractivity contribution in [1.29, 1.82) is 0 Å². The molecule has 0 aliphatic rings. The van der Waals surface area contributed by atoms with Gasteiger partial charge in [-0.1, -0.05) is 23.9 Å². The molecule has 1 rings (SSSR count). The number of hydrogen-bond acceptors (Lipinski definition) is 3. The van der Waals surface area contributed by atoms with Gasteiger partial charge in [0, 0.05) is 12.8 Å². The third-order valence-electron chi connectivity index (χ3n) is 1.20. The fraction of sp³-hybridized carbons (Fsp3) is 0.429. The fourth-order valence-electron chi connectivity index (χ4n) is 0.695. The van der Waals surface area contributed by atoms with Gasteiger partial charge in [-0.2, -0.15) is 4.98 Å². The van der Waals surface area contributed by atoms with E-state index in [1.807, 2.05) is 6.92 Å². The molecule has 0 aliphatic carbocycles. The summed E-state index contributed by atoms with van der Waals surface area (Å²) in [5, 5.41) is 3.23. The molecule has 0 spiro atoms. The number of aryl methyl sites for hydroxylation is 1. The normalized spacial score (nSPS) is 10.2. The summed E-state index contributed by atoms with van der Waals surface area (Å²) in [6.07, 6.45) is 0. The molecule has 1 aromatic rings. The lowest BCUT2D eigenvalue weighted by atomic mass is 10.4. The number of nitrogens with one attached hydrogen (secondary N) is 1. The zero-order valence-corrected chi connectivity index (χ0v) is 7.94. The molecule has 5 heteroatoms. The first kappa shape index (κ1) is 9.12. The minimum atomic E-state index is -0.304. The fourth-order valence-corrected chi connectivity index (χ4v) is 1.46. The Kier molecular flexibility index (Phi) is 2.75. The molecule has 1 heterocycles. The molecule has 1 aromatic heterocycles. The highest BCUT2D eigenvalue weighted by atomic mass is 32.2. The van der Waals surface area contributed by atoms with Crippen LogP contribution in [0, 0.1) is 0 Å². The van der Waals surface area contributed by atoms with Crippen molar-refractivity contribution in [3.8, 4) is 0 Å². The van der Waals surface area contributed by atoms with E-state index >= 15 is 0 Å². The van der Waals surface area contributed by atoms with Crippen LogP contribution in [0.4, 0.5) is 0 Å². The second-order valence-corrected chi connectivity index (χ2v) is 3.56. The smallest absolute Gasteiger partial charge is 0.264 e. The summed E-state index contributed by atoms with van der Waals surface area (Å²) in [7, 11) is 1.76. The first-order chi connectivity index (χ1) is 5.59. The van der Waals surface area contributed by atoms with Crippen LogP contribution in [0.15, 0.2) is 22.1 Å². The minimum Gasteiger partial charge on any atom is -0.264 e. The Morgan fingerprint density at radius 2 is 2.50 bits per heavy atom. The molecule has 0 aromatic carbocycles. The Hall–Kier alpha value is -0.970. The third-order valence-corrected chi connectivity index (χ3v) is 2.46. The Labute approximate surface area is 74.7 Å². The van der Waals surface area contributed by atoms with Crippen molar-refractivity contribution < 1.29 is 0 Å². The molecule has 0 saturated carbocycles. The summed E-state index contributed by atoms with van der Waals surface area (Å²) in [5.74, 6) is 0.790.